The lowest BCUT2D eigenvalue weighted by Gasteiger charge is -1.98. The second-order valence-corrected chi connectivity index (χ2v) is 3.34. The largest absolute Gasteiger partial charge is 0.466 e. The van der Waals surface area contributed by atoms with Gasteiger partial charge in [0, 0.05) is 30.8 Å². The van der Waals surface area contributed by atoms with Crippen LogP contribution < -0.4 is 0 Å². The second kappa shape index (κ2) is 8.57. The van der Waals surface area contributed by atoms with E-state index < -0.39 is 11.9 Å². The van der Waals surface area contributed by atoms with E-state index in [-0.39, 0.29) is 6.61 Å². The van der Waals surface area contributed by atoms with Crippen molar-refractivity contribution in [3.63, 3.8) is 0 Å². The third kappa shape index (κ3) is 6.72. The standard InChI is InChI=1S/C13H14N2O4/c1-18-12(16)2-3-13(17)19-9-8-15-10-11-4-6-14-7-5-11/h2-7,10H,8-9H2,1H3/b3-2+,15-10?. The average molecular weight is 262 g/mol. The van der Waals surface area contributed by atoms with E-state index in [9.17, 15) is 9.59 Å². The first kappa shape index (κ1) is 14.6. The highest BCUT2D eigenvalue weighted by atomic mass is 16.5. The van der Waals surface area contributed by atoms with Crippen molar-refractivity contribution in [2.24, 2.45) is 4.99 Å². The molecule has 0 aliphatic carbocycles. The third-order valence-electron chi connectivity index (χ3n) is 1.97. The molecule has 0 spiro atoms. The molecule has 0 aliphatic heterocycles. The molecule has 100 valence electrons. The summed E-state index contributed by atoms with van der Waals surface area (Å²) in [6, 6.07) is 3.63. The van der Waals surface area contributed by atoms with E-state index in [0.717, 1.165) is 17.7 Å². The molecule has 0 radical (unpaired) electrons. The van der Waals surface area contributed by atoms with Gasteiger partial charge < -0.3 is 9.47 Å². The van der Waals surface area contributed by atoms with E-state index in [1.807, 2.05) is 12.1 Å². The minimum Gasteiger partial charge on any atom is -0.466 e. The molecule has 0 amide bonds. The zero-order valence-electron chi connectivity index (χ0n) is 10.5. The molecule has 6 nitrogen and oxygen atoms in total. The topological polar surface area (TPSA) is 77.9 Å². The maximum absolute atomic E-state index is 11.1. The number of carbonyl (C=O) groups excluding carboxylic acids is 2. The number of aromatic nitrogens is 1. The van der Waals surface area contributed by atoms with Crippen LogP contribution in [0.5, 0.6) is 0 Å². The van der Waals surface area contributed by atoms with Crippen LogP contribution in [-0.2, 0) is 19.1 Å². The second-order valence-electron chi connectivity index (χ2n) is 3.34. The summed E-state index contributed by atoms with van der Waals surface area (Å²) in [5.74, 6) is -1.21. The van der Waals surface area contributed by atoms with Crippen molar-refractivity contribution in [2.45, 2.75) is 0 Å². The monoisotopic (exact) mass is 262 g/mol. The van der Waals surface area contributed by atoms with Gasteiger partial charge in [-0.15, -0.1) is 0 Å². The number of ether oxygens (including phenoxy) is 2. The van der Waals surface area contributed by atoms with Crippen molar-refractivity contribution in [3.05, 3.63) is 42.2 Å². The minimum atomic E-state index is -0.607. The molecule has 0 saturated heterocycles. The lowest BCUT2D eigenvalue weighted by atomic mass is 10.3. The maximum Gasteiger partial charge on any atom is 0.331 e. The number of hydrogen-bond donors (Lipinski definition) is 0. The third-order valence-corrected chi connectivity index (χ3v) is 1.97. The Morgan fingerprint density at radius 1 is 1.26 bits per heavy atom. The van der Waals surface area contributed by atoms with Gasteiger partial charge in [0.25, 0.3) is 0 Å². The first-order chi connectivity index (χ1) is 9.22. The highest BCUT2D eigenvalue weighted by molar-refractivity contribution is 5.91. The first-order valence-corrected chi connectivity index (χ1v) is 5.55. The van der Waals surface area contributed by atoms with E-state index >= 15 is 0 Å². The van der Waals surface area contributed by atoms with Crippen molar-refractivity contribution in [1.29, 1.82) is 0 Å². The highest BCUT2D eigenvalue weighted by Gasteiger charge is 1.98. The van der Waals surface area contributed by atoms with Crippen LogP contribution in [0.15, 0.2) is 41.7 Å². The molecule has 1 heterocycles. The fraction of sp³-hybridized carbons (Fsp3) is 0.231. The van der Waals surface area contributed by atoms with Crippen LogP contribution in [0.1, 0.15) is 5.56 Å². The summed E-state index contributed by atoms with van der Waals surface area (Å²) in [6.07, 6.45) is 7.01. The van der Waals surface area contributed by atoms with Gasteiger partial charge >= 0.3 is 11.9 Å². The molecule has 1 aromatic rings. The predicted molar refractivity (Wildman–Crippen MR) is 68.8 cm³/mol. The quantitative estimate of drug-likeness (QED) is 0.327. The maximum atomic E-state index is 11.1. The van der Waals surface area contributed by atoms with Crippen molar-refractivity contribution >= 4 is 18.2 Å². The van der Waals surface area contributed by atoms with E-state index in [0.29, 0.717) is 6.54 Å². The molecule has 1 aromatic heterocycles. The van der Waals surface area contributed by atoms with E-state index in [1.165, 1.54) is 7.11 Å². The van der Waals surface area contributed by atoms with E-state index in [4.69, 9.17) is 4.74 Å². The van der Waals surface area contributed by atoms with Crippen molar-refractivity contribution in [1.82, 2.24) is 4.98 Å². The summed E-state index contributed by atoms with van der Waals surface area (Å²) in [5, 5.41) is 0. The van der Waals surface area contributed by atoms with Crippen LogP contribution in [0, 0.1) is 0 Å². The molecule has 0 saturated carbocycles. The van der Waals surface area contributed by atoms with Gasteiger partial charge in [-0.3, -0.25) is 9.98 Å². The molecule has 0 bridgehead atoms. The van der Waals surface area contributed by atoms with Crippen LogP contribution in [0.3, 0.4) is 0 Å². The minimum absolute atomic E-state index is 0.145. The molecular formula is C13H14N2O4. The van der Waals surface area contributed by atoms with Crippen molar-refractivity contribution in [2.75, 3.05) is 20.3 Å². The number of pyridine rings is 1. The number of nitrogens with zero attached hydrogens (tertiary/aromatic N) is 2. The lowest BCUT2D eigenvalue weighted by molar-refractivity contribution is -0.139. The van der Waals surface area contributed by atoms with Crippen LogP contribution in [0.4, 0.5) is 0 Å². The molecule has 0 atom stereocenters. The van der Waals surface area contributed by atoms with Gasteiger partial charge in [-0.2, -0.15) is 0 Å². The fourth-order valence-electron chi connectivity index (χ4n) is 1.07. The van der Waals surface area contributed by atoms with Gasteiger partial charge in [0.15, 0.2) is 0 Å². The van der Waals surface area contributed by atoms with Gasteiger partial charge in [-0.1, -0.05) is 0 Å². The number of carbonyl (C=O) groups is 2. The number of esters is 2. The molecule has 19 heavy (non-hydrogen) atoms. The molecule has 6 heteroatoms. The van der Waals surface area contributed by atoms with Gasteiger partial charge in [0.1, 0.15) is 6.61 Å². The summed E-state index contributed by atoms with van der Waals surface area (Å²) in [7, 11) is 1.23. The molecule has 0 fully saturated rings. The zero-order chi connectivity index (χ0) is 13.9. The summed E-state index contributed by atoms with van der Waals surface area (Å²) in [6.45, 7) is 0.492. The number of hydrogen-bond acceptors (Lipinski definition) is 6. The molecule has 0 aromatic carbocycles. The Morgan fingerprint density at radius 3 is 2.63 bits per heavy atom. The zero-order valence-corrected chi connectivity index (χ0v) is 10.5. The van der Waals surface area contributed by atoms with E-state index in [2.05, 4.69) is 14.7 Å². The normalized spacial score (nSPS) is 10.8. The Hall–Kier alpha value is -2.50. The van der Waals surface area contributed by atoms with Gasteiger partial charge in [-0.25, -0.2) is 9.59 Å². The number of rotatable bonds is 6. The molecule has 0 aliphatic rings. The summed E-state index contributed by atoms with van der Waals surface area (Å²) >= 11 is 0. The summed E-state index contributed by atoms with van der Waals surface area (Å²) in [5.41, 5.74) is 0.923. The molecule has 0 N–H and O–H groups in total. The summed E-state index contributed by atoms with van der Waals surface area (Å²) < 4.78 is 9.15. The Balaban J connectivity index is 2.20. The van der Waals surface area contributed by atoms with Gasteiger partial charge in [0.2, 0.25) is 0 Å². The highest BCUT2D eigenvalue weighted by Crippen LogP contribution is 1.91. The van der Waals surface area contributed by atoms with Crippen molar-refractivity contribution < 1.29 is 19.1 Å². The smallest absolute Gasteiger partial charge is 0.331 e. The molecule has 1 rings (SSSR count). The van der Waals surface area contributed by atoms with Crippen molar-refractivity contribution in [3.8, 4) is 0 Å². The summed E-state index contributed by atoms with van der Waals surface area (Å²) in [4.78, 5) is 29.8. The Labute approximate surface area is 110 Å². The van der Waals surface area contributed by atoms with Gasteiger partial charge in [0.05, 0.1) is 13.7 Å². The predicted octanol–water partition coefficient (Wildman–Crippen LogP) is 0.773. The van der Waals surface area contributed by atoms with Crippen LogP contribution in [0.2, 0.25) is 0 Å². The van der Waals surface area contributed by atoms with Gasteiger partial charge in [-0.05, 0) is 17.7 Å². The number of aliphatic imine (C=N–C) groups is 1. The van der Waals surface area contributed by atoms with Crippen LogP contribution in [-0.4, -0.2) is 43.4 Å². The Morgan fingerprint density at radius 2 is 1.95 bits per heavy atom. The SMILES string of the molecule is COC(=O)/C=C/C(=O)OCCN=Cc1ccncc1. The Kier molecular flexibility index (Phi) is 6.57. The first-order valence-electron chi connectivity index (χ1n) is 5.55. The average Bonchev–Trinajstić information content (AvgIpc) is 2.45. The van der Waals surface area contributed by atoms with Crippen LogP contribution >= 0.6 is 0 Å². The van der Waals surface area contributed by atoms with E-state index in [1.54, 1.807) is 18.6 Å². The molecular weight excluding hydrogens is 248 g/mol. The number of methoxy groups -OCH3 is 1. The fourth-order valence-corrected chi connectivity index (χ4v) is 1.07. The van der Waals surface area contributed by atoms with Crippen LogP contribution in [0.25, 0.3) is 0 Å². The molecule has 0 unspecified atom stereocenters. The Bertz CT molecular complexity index is 469. The lowest BCUT2D eigenvalue weighted by Crippen LogP contribution is -2.06.